The highest BCUT2D eigenvalue weighted by atomic mass is 32.1. The molecule has 1 fully saturated rings. The van der Waals surface area contributed by atoms with Crippen molar-refractivity contribution in [2.75, 3.05) is 18.4 Å². The summed E-state index contributed by atoms with van der Waals surface area (Å²) in [7, 11) is 0. The van der Waals surface area contributed by atoms with Gasteiger partial charge in [-0.3, -0.25) is 10.2 Å². The number of amides is 2. The molecular formula is C18H24N4OS. The number of rotatable bonds is 4. The average Bonchev–Trinajstić information content (AvgIpc) is 2.96. The molecule has 1 aromatic carbocycles. The fraction of sp³-hybridized carbons (Fsp3) is 0.444. The molecule has 1 aliphatic heterocycles. The zero-order valence-electron chi connectivity index (χ0n) is 14.2. The van der Waals surface area contributed by atoms with Gasteiger partial charge in [0.1, 0.15) is 0 Å². The van der Waals surface area contributed by atoms with Crippen molar-refractivity contribution in [3.05, 3.63) is 46.5 Å². The van der Waals surface area contributed by atoms with Crippen LogP contribution in [0.3, 0.4) is 0 Å². The molecule has 2 N–H and O–H groups in total. The van der Waals surface area contributed by atoms with Crippen LogP contribution in [0.2, 0.25) is 0 Å². The molecule has 1 aromatic heterocycles. The molecule has 2 aromatic rings. The maximum atomic E-state index is 12.0. The van der Waals surface area contributed by atoms with Crippen LogP contribution in [0.5, 0.6) is 0 Å². The van der Waals surface area contributed by atoms with Crippen LogP contribution in [-0.4, -0.2) is 35.0 Å². The number of likely N-dealkylation sites (tertiary alicyclic amines) is 1. The van der Waals surface area contributed by atoms with Gasteiger partial charge in [-0.05, 0) is 37.8 Å². The van der Waals surface area contributed by atoms with Gasteiger partial charge in [0.15, 0.2) is 5.13 Å². The number of nitrogens with one attached hydrogen (secondary N) is 2. The van der Waals surface area contributed by atoms with Gasteiger partial charge >= 0.3 is 6.03 Å². The van der Waals surface area contributed by atoms with Crippen molar-refractivity contribution in [3.8, 4) is 0 Å². The fourth-order valence-corrected chi connectivity index (χ4v) is 3.68. The van der Waals surface area contributed by atoms with Gasteiger partial charge in [-0.2, -0.15) is 0 Å². The molecule has 5 nitrogen and oxygen atoms in total. The molecule has 2 heterocycles. The van der Waals surface area contributed by atoms with E-state index in [-0.39, 0.29) is 12.1 Å². The summed E-state index contributed by atoms with van der Waals surface area (Å²) in [5.41, 5.74) is 3.66. The van der Waals surface area contributed by atoms with E-state index in [1.807, 2.05) is 12.3 Å². The summed E-state index contributed by atoms with van der Waals surface area (Å²) in [5, 5.41) is 8.46. The Labute approximate surface area is 147 Å². The second-order valence-electron chi connectivity index (χ2n) is 6.37. The van der Waals surface area contributed by atoms with Gasteiger partial charge in [0, 0.05) is 31.1 Å². The molecule has 0 bridgehead atoms. The maximum Gasteiger partial charge on any atom is 0.321 e. The predicted octanol–water partition coefficient (Wildman–Crippen LogP) is 3.55. The van der Waals surface area contributed by atoms with Gasteiger partial charge in [0.25, 0.3) is 0 Å². The Bertz CT molecular complexity index is 692. The van der Waals surface area contributed by atoms with Crippen molar-refractivity contribution in [1.29, 1.82) is 0 Å². The molecule has 0 radical (unpaired) electrons. The van der Waals surface area contributed by atoms with E-state index < -0.39 is 0 Å². The minimum atomic E-state index is -0.151. The molecule has 3 rings (SSSR count). The molecule has 0 aliphatic carbocycles. The number of aryl methyl sites for hydroxylation is 2. The van der Waals surface area contributed by atoms with E-state index in [0.717, 1.165) is 38.2 Å². The number of carbonyl (C=O) groups is 1. The van der Waals surface area contributed by atoms with E-state index in [9.17, 15) is 4.79 Å². The van der Waals surface area contributed by atoms with Crippen LogP contribution >= 0.6 is 11.3 Å². The van der Waals surface area contributed by atoms with Gasteiger partial charge in [-0.1, -0.05) is 24.3 Å². The Morgan fingerprint density at radius 1 is 1.29 bits per heavy atom. The third kappa shape index (κ3) is 4.55. The van der Waals surface area contributed by atoms with Gasteiger partial charge in [-0.15, -0.1) is 11.3 Å². The summed E-state index contributed by atoms with van der Waals surface area (Å²) in [5.74, 6) is 0. The number of urea groups is 1. The lowest BCUT2D eigenvalue weighted by Crippen LogP contribution is -2.45. The van der Waals surface area contributed by atoms with Gasteiger partial charge in [-0.25, -0.2) is 9.78 Å². The van der Waals surface area contributed by atoms with Crippen LogP contribution in [0.15, 0.2) is 29.6 Å². The van der Waals surface area contributed by atoms with Crippen LogP contribution in [0.25, 0.3) is 0 Å². The third-order valence-corrected chi connectivity index (χ3v) is 5.29. The van der Waals surface area contributed by atoms with E-state index in [2.05, 4.69) is 51.7 Å². The molecule has 2 amide bonds. The molecular weight excluding hydrogens is 320 g/mol. The molecule has 128 valence electrons. The summed E-state index contributed by atoms with van der Waals surface area (Å²) in [6, 6.07) is 8.62. The number of nitrogens with zero attached hydrogens (tertiary/aromatic N) is 2. The van der Waals surface area contributed by atoms with Crippen LogP contribution in [-0.2, 0) is 6.54 Å². The van der Waals surface area contributed by atoms with Crippen LogP contribution in [0.1, 0.15) is 29.7 Å². The Hall–Kier alpha value is -1.92. The molecule has 0 atom stereocenters. The first-order chi connectivity index (χ1) is 11.6. The molecule has 0 saturated carbocycles. The maximum absolute atomic E-state index is 12.0. The lowest BCUT2D eigenvalue weighted by atomic mass is 10.0. The molecule has 0 spiro atoms. The van der Waals surface area contributed by atoms with Crippen molar-refractivity contribution in [2.24, 2.45) is 0 Å². The first kappa shape index (κ1) is 16.9. The van der Waals surface area contributed by atoms with Gasteiger partial charge in [0.2, 0.25) is 0 Å². The highest BCUT2D eigenvalue weighted by Gasteiger charge is 2.21. The van der Waals surface area contributed by atoms with E-state index in [1.54, 1.807) is 0 Å². The Kier molecular flexibility index (Phi) is 5.48. The van der Waals surface area contributed by atoms with E-state index in [0.29, 0.717) is 5.13 Å². The number of anilines is 1. The molecule has 1 saturated heterocycles. The van der Waals surface area contributed by atoms with Crippen molar-refractivity contribution >= 4 is 22.5 Å². The number of carbonyl (C=O) groups excluding carboxylic acids is 1. The van der Waals surface area contributed by atoms with Crippen LogP contribution in [0, 0.1) is 13.8 Å². The average molecular weight is 344 g/mol. The zero-order valence-corrected chi connectivity index (χ0v) is 15.0. The van der Waals surface area contributed by atoms with E-state index >= 15 is 0 Å². The van der Waals surface area contributed by atoms with E-state index in [1.165, 1.54) is 22.5 Å². The predicted molar refractivity (Wildman–Crippen MR) is 98.5 cm³/mol. The summed E-state index contributed by atoms with van der Waals surface area (Å²) < 4.78 is 0. The smallest absolute Gasteiger partial charge is 0.321 e. The van der Waals surface area contributed by atoms with Crippen molar-refractivity contribution < 1.29 is 4.79 Å². The number of hydrogen-bond donors (Lipinski definition) is 2. The quantitative estimate of drug-likeness (QED) is 0.892. The normalized spacial score (nSPS) is 16.1. The second kappa shape index (κ2) is 7.77. The Balaban J connectivity index is 1.43. The summed E-state index contributed by atoms with van der Waals surface area (Å²) in [6.07, 6.45) is 1.96. The molecule has 1 aliphatic rings. The Morgan fingerprint density at radius 2 is 2.04 bits per heavy atom. The highest BCUT2D eigenvalue weighted by Crippen LogP contribution is 2.17. The van der Waals surface area contributed by atoms with Crippen molar-refractivity contribution in [3.63, 3.8) is 0 Å². The number of thiazole rings is 1. The van der Waals surface area contributed by atoms with Crippen molar-refractivity contribution in [2.45, 2.75) is 39.3 Å². The number of hydrogen-bond acceptors (Lipinski definition) is 4. The monoisotopic (exact) mass is 344 g/mol. The summed E-state index contributed by atoms with van der Waals surface area (Å²) >= 11 is 1.45. The van der Waals surface area contributed by atoms with Crippen LogP contribution < -0.4 is 10.6 Å². The van der Waals surface area contributed by atoms with Gasteiger partial charge < -0.3 is 5.32 Å². The molecule has 0 unspecified atom stereocenters. The highest BCUT2D eigenvalue weighted by molar-refractivity contribution is 7.13. The molecule has 6 heteroatoms. The first-order valence-electron chi connectivity index (χ1n) is 8.36. The molecule has 24 heavy (non-hydrogen) atoms. The largest absolute Gasteiger partial charge is 0.335 e. The number of benzene rings is 1. The SMILES string of the molecule is Cc1csc(NC(=O)NC2CCN(Cc3ccccc3C)CC2)n1. The van der Waals surface area contributed by atoms with Gasteiger partial charge in [0.05, 0.1) is 5.69 Å². The van der Waals surface area contributed by atoms with Crippen LogP contribution in [0.4, 0.5) is 9.93 Å². The summed E-state index contributed by atoms with van der Waals surface area (Å²) in [6.45, 7) is 7.09. The minimum Gasteiger partial charge on any atom is -0.335 e. The topological polar surface area (TPSA) is 57.3 Å². The van der Waals surface area contributed by atoms with Crippen molar-refractivity contribution in [1.82, 2.24) is 15.2 Å². The summed E-state index contributed by atoms with van der Waals surface area (Å²) in [4.78, 5) is 18.7. The number of aromatic nitrogens is 1. The lowest BCUT2D eigenvalue weighted by Gasteiger charge is -2.32. The lowest BCUT2D eigenvalue weighted by molar-refractivity contribution is 0.189. The zero-order chi connectivity index (χ0) is 16.9. The van der Waals surface area contributed by atoms with E-state index in [4.69, 9.17) is 0 Å². The first-order valence-corrected chi connectivity index (χ1v) is 9.24. The standard InChI is InChI=1S/C18H24N4OS/c1-13-5-3-4-6-15(13)11-22-9-7-16(8-10-22)20-17(23)21-18-19-14(2)12-24-18/h3-6,12,16H,7-11H2,1-2H3,(H2,19,20,21,23). The Morgan fingerprint density at radius 3 is 2.71 bits per heavy atom. The fourth-order valence-electron chi connectivity index (χ4n) is 2.99. The number of piperidine rings is 1. The second-order valence-corrected chi connectivity index (χ2v) is 7.23. The minimum absolute atomic E-state index is 0.151. The third-order valence-electron chi connectivity index (χ3n) is 4.42.